The first-order valence-electron chi connectivity index (χ1n) is 8.62. The van der Waals surface area contributed by atoms with Gasteiger partial charge in [0.1, 0.15) is 0 Å². The highest BCUT2D eigenvalue weighted by Crippen LogP contribution is 2.28. The van der Waals surface area contributed by atoms with Gasteiger partial charge in [0.2, 0.25) is 0 Å². The monoisotopic (exact) mass is 350 g/mol. The number of nitrogens with zero attached hydrogens (tertiary/aromatic N) is 3. The number of rotatable bonds is 4. The zero-order valence-corrected chi connectivity index (χ0v) is 14.2. The highest BCUT2D eigenvalue weighted by Gasteiger charge is 2.18. The zero-order valence-electron chi connectivity index (χ0n) is 14.2. The Balaban J connectivity index is 1.45. The highest BCUT2D eigenvalue weighted by molar-refractivity contribution is 6.04. The molecule has 3 aromatic rings. The van der Waals surface area contributed by atoms with Gasteiger partial charge in [0.05, 0.1) is 18.6 Å². The number of hydrogen-bond donors (Lipinski definition) is 1. The van der Waals surface area contributed by atoms with Crippen molar-refractivity contribution in [3.05, 3.63) is 77.7 Å². The summed E-state index contributed by atoms with van der Waals surface area (Å²) in [5, 5.41) is 3.55. The van der Waals surface area contributed by atoms with E-state index < -0.39 is 0 Å². The van der Waals surface area contributed by atoms with Gasteiger partial charge in [0.25, 0.3) is 5.91 Å². The van der Waals surface area contributed by atoms with Crippen LogP contribution in [0, 0.1) is 0 Å². The van der Waals surface area contributed by atoms with Crippen LogP contribution in [0.5, 0.6) is 0 Å². The summed E-state index contributed by atoms with van der Waals surface area (Å²) >= 11 is 0. The summed E-state index contributed by atoms with van der Waals surface area (Å²) < 4.78 is 15.7. The Hall–Kier alpha value is -3.15. The first-order valence-corrected chi connectivity index (χ1v) is 8.62. The molecule has 6 heteroatoms. The van der Waals surface area contributed by atoms with E-state index in [9.17, 15) is 9.28 Å². The molecule has 1 N–H and O–H groups in total. The Morgan fingerprint density at radius 3 is 2.88 bits per heavy atom. The van der Waals surface area contributed by atoms with Gasteiger partial charge >= 0.3 is 0 Å². The summed E-state index contributed by atoms with van der Waals surface area (Å²) in [6.45, 7) is 1.09. The number of hydrogen-bond acceptors (Lipinski definition) is 3. The average molecular weight is 350 g/mol. The van der Waals surface area contributed by atoms with Crippen LogP contribution in [0.3, 0.4) is 0 Å². The third kappa shape index (κ3) is 3.44. The molecule has 1 aromatic heterocycles. The number of fused-ring (bicyclic) bond motifs is 1. The van der Waals surface area contributed by atoms with Crippen LogP contribution in [-0.4, -0.2) is 22.0 Å². The molecule has 132 valence electrons. The van der Waals surface area contributed by atoms with Crippen molar-refractivity contribution in [1.82, 2.24) is 9.55 Å². The van der Waals surface area contributed by atoms with E-state index in [1.807, 2.05) is 34.9 Å². The normalized spacial score (nSPS) is 13.3. The summed E-state index contributed by atoms with van der Waals surface area (Å²) in [6.07, 6.45) is 5.02. The smallest absolute Gasteiger partial charge is 0.256 e. The average Bonchev–Trinajstić information content (AvgIpc) is 3.09. The van der Waals surface area contributed by atoms with E-state index in [1.54, 1.807) is 30.7 Å². The van der Waals surface area contributed by atoms with E-state index >= 15 is 0 Å². The van der Waals surface area contributed by atoms with Crippen molar-refractivity contribution in [3.8, 4) is 0 Å². The number of carbonyl (C=O) groups excluding carboxylic acids is 1. The lowest BCUT2D eigenvalue weighted by Gasteiger charge is -2.23. The topological polar surface area (TPSA) is 50.2 Å². The number of halogens is 1. The van der Waals surface area contributed by atoms with Gasteiger partial charge in [-0.05, 0) is 42.2 Å². The molecule has 0 saturated carbocycles. The predicted octanol–water partition coefficient (Wildman–Crippen LogP) is 3.82. The van der Waals surface area contributed by atoms with E-state index in [4.69, 9.17) is 0 Å². The maximum absolute atomic E-state index is 13.8. The number of aromatic nitrogens is 2. The molecule has 1 aliphatic rings. The molecule has 2 aromatic carbocycles. The van der Waals surface area contributed by atoms with Crippen molar-refractivity contribution < 1.29 is 9.28 Å². The molecule has 0 atom stereocenters. The van der Waals surface area contributed by atoms with Crippen molar-refractivity contribution in [2.24, 2.45) is 0 Å². The quantitative estimate of drug-likeness (QED) is 0.728. The zero-order chi connectivity index (χ0) is 17.9. The van der Waals surface area contributed by atoms with E-state index in [0.717, 1.165) is 29.1 Å². The molecular formula is C20H19FN4O. The SMILES string of the molecule is O=C(Nc1cn(Cc2ccccc2)cn1)c1ccc2c(c1)CCCN2F. The van der Waals surface area contributed by atoms with Crippen LogP contribution in [0.2, 0.25) is 0 Å². The Kier molecular flexibility index (Phi) is 4.39. The van der Waals surface area contributed by atoms with Gasteiger partial charge in [0.15, 0.2) is 5.82 Å². The number of aryl methyl sites for hydroxylation is 1. The molecular weight excluding hydrogens is 331 g/mol. The van der Waals surface area contributed by atoms with Crippen molar-refractivity contribution in [2.75, 3.05) is 17.0 Å². The number of nitrogens with one attached hydrogen (secondary N) is 1. The van der Waals surface area contributed by atoms with E-state index in [0.29, 0.717) is 30.2 Å². The molecule has 1 amide bonds. The Bertz CT molecular complexity index is 923. The van der Waals surface area contributed by atoms with Crippen molar-refractivity contribution in [3.63, 3.8) is 0 Å². The molecule has 0 spiro atoms. The van der Waals surface area contributed by atoms with Gasteiger partial charge in [-0.3, -0.25) is 4.79 Å². The van der Waals surface area contributed by atoms with Crippen molar-refractivity contribution in [1.29, 1.82) is 0 Å². The molecule has 4 rings (SSSR count). The van der Waals surface area contributed by atoms with Gasteiger partial charge in [0, 0.05) is 18.3 Å². The Labute approximate surface area is 151 Å². The van der Waals surface area contributed by atoms with Crippen LogP contribution in [0.25, 0.3) is 0 Å². The minimum absolute atomic E-state index is 0.242. The molecule has 0 bridgehead atoms. The molecule has 0 unspecified atom stereocenters. The number of carbonyl (C=O) groups is 1. The third-order valence-electron chi connectivity index (χ3n) is 4.49. The Morgan fingerprint density at radius 1 is 1.19 bits per heavy atom. The summed E-state index contributed by atoms with van der Waals surface area (Å²) in [7, 11) is 0. The molecule has 0 aliphatic carbocycles. The van der Waals surface area contributed by atoms with Gasteiger partial charge in [-0.1, -0.05) is 34.8 Å². The predicted molar refractivity (Wildman–Crippen MR) is 98.9 cm³/mol. The van der Waals surface area contributed by atoms with Crippen LogP contribution >= 0.6 is 0 Å². The fourth-order valence-corrected chi connectivity index (χ4v) is 3.19. The minimum Gasteiger partial charge on any atom is -0.331 e. The lowest BCUT2D eigenvalue weighted by atomic mass is 10.0. The maximum atomic E-state index is 13.8. The summed E-state index contributed by atoms with van der Waals surface area (Å²) in [5.41, 5.74) is 3.09. The molecule has 0 fully saturated rings. The van der Waals surface area contributed by atoms with Gasteiger partial charge in [-0.2, -0.15) is 0 Å². The van der Waals surface area contributed by atoms with Crippen LogP contribution in [-0.2, 0) is 13.0 Å². The summed E-state index contributed by atoms with van der Waals surface area (Å²) in [4.78, 5) is 16.7. The van der Waals surface area contributed by atoms with Crippen LogP contribution in [0.15, 0.2) is 61.1 Å². The summed E-state index contributed by atoms with van der Waals surface area (Å²) in [6, 6.07) is 15.1. The van der Waals surface area contributed by atoms with Crippen LogP contribution in [0.4, 0.5) is 16.0 Å². The summed E-state index contributed by atoms with van der Waals surface area (Å²) in [5.74, 6) is 0.254. The van der Waals surface area contributed by atoms with Crippen molar-refractivity contribution >= 4 is 17.4 Å². The maximum Gasteiger partial charge on any atom is 0.256 e. The molecule has 0 radical (unpaired) electrons. The minimum atomic E-state index is -0.242. The standard InChI is InChI=1S/C20H19FN4O/c21-25-10-4-7-16-11-17(8-9-18(16)25)20(26)23-19-13-24(14-22-19)12-15-5-2-1-3-6-15/h1-3,5-6,8-9,11,13-14H,4,7,10,12H2,(H,23,26). The molecule has 0 saturated heterocycles. The fourth-order valence-electron chi connectivity index (χ4n) is 3.19. The second kappa shape index (κ2) is 7.00. The second-order valence-corrected chi connectivity index (χ2v) is 6.40. The molecule has 26 heavy (non-hydrogen) atoms. The number of benzene rings is 2. The molecule has 1 aliphatic heterocycles. The number of imidazole rings is 1. The first kappa shape index (κ1) is 16.3. The van der Waals surface area contributed by atoms with Gasteiger partial charge in [-0.25, -0.2) is 10.1 Å². The molecule has 5 nitrogen and oxygen atoms in total. The lowest BCUT2D eigenvalue weighted by molar-refractivity contribution is 0.102. The second-order valence-electron chi connectivity index (χ2n) is 6.40. The van der Waals surface area contributed by atoms with E-state index in [2.05, 4.69) is 10.3 Å². The highest BCUT2D eigenvalue weighted by atomic mass is 19.2. The van der Waals surface area contributed by atoms with E-state index in [1.165, 1.54) is 0 Å². The van der Waals surface area contributed by atoms with Gasteiger partial charge in [-0.15, -0.1) is 0 Å². The van der Waals surface area contributed by atoms with Crippen LogP contribution in [0.1, 0.15) is 27.9 Å². The Morgan fingerprint density at radius 2 is 2.04 bits per heavy atom. The first-order chi connectivity index (χ1) is 12.7. The van der Waals surface area contributed by atoms with Gasteiger partial charge < -0.3 is 9.88 Å². The molecule has 2 heterocycles. The van der Waals surface area contributed by atoms with Crippen LogP contribution < -0.4 is 10.4 Å². The van der Waals surface area contributed by atoms with Crippen molar-refractivity contribution in [2.45, 2.75) is 19.4 Å². The lowest BCUT2D eigenvalue weighted by Crippen LogP contribution is -2.21. The van der Waals surface area contributed by atoms with E-state index in [-0.39, 0.29) is 5.91 Å². The number of amides is 1. The number of anilines is 2. The third-order valence-corrected chi connectivity index (χ3v) is 4.49. The largest absolute Gasteiger partial charge is 0.331 e. The fraction of sp³-hybridized carbons (Fsp3) is 0.200.